The van der Waals surface area contributed by atoms with E-state index in [9.17, 15) is 18.0 Å². The number of carbonyl (C=O) groups excluding carboxylic acids is 1. The van der Waals surface area contributed by atoms with Gasteiger partial charge in [0.05, 0.1) is 11.3 Å². The number of aryl methyl sites for hydroxylation is 1. The number of hydrogen-bond donors (Lipinski definition) is 1. The van der Waals surface area contributed by atoms with Crippen LogP contribution in [0.4, 0.5) is 18.9 Å². The Balaban J connectivity index is 2.03. The molecule has 1 atom stereocenters. The number of nitrogens with zero attached hydrogens (tertiary/aromatic N) is 1. The third kappa shape index (κ3) is 3.76. The van der Waals surface area contributed by atoms with Crippen molar-refractivity contribution < 1.29 is 22.5 Å². The maximum Gasteiger partial charge on any atom is 0.416 e. The fourth-order valence-corrected chi connectivity index (χ4v) is 3.06. The molecule has 0 fully saturated rings. The lowest BCUT2D eigenvalue weighted by Gasteiger charge is -2.15. The van der Waals surface area contributed by atoms with Crippen molar-refractivity contribution in [3.05, 3.63) is 35.0 Å². The van der Waals surface area contributed by atoms with E-state index in [1.807, 2.05) is 6.92 Å². The second-order valence-electron chi connectivity index (χ2n) is 6.74. The Hall–Kier alpha value is -2.31. The molecule has 1 aromatic heterocycles. The summed E-state index contributed by atoms with van der Waals surface area (Å²) in [6.07, 6.45) is -0.455. The van der Waals surface area contributed by atoms with Crippen molar-refractivity contribution in [1.82, 2.24) is 5.16 Å². The number of hydrogen-bond acceptors (Lipinski definition) is 3. The van der Waals surface area contributed by atoms with E-state index in [0.717, 1.165) is 49.1 Å². The van der Waals surface area contributed by atoms with Gasteiger partial charge in [-0.3, -0.25) is 4.79 Å². The Labute approximate surface area is 149 Å². The number of carbonyl (C=O) groups is 1. The summed E-state index contributed by atoms with van der Waals surface area (Å²) in [4.78, 5) is 12.1. The molecule has 0 spiro atoms. The van der Waals surface area contributed by atoms with Crippen molar-refractivity contribution in [3.63, 3.8) is 0 Å². The van der Waals surface area contributed by atoms with Crippen molar-refractivity contribution in [2.24, 2.45) is 5.92 Å². The lowest BCUT2D eigenvalue weighted by atomic mass is 9.93. The highest BCUT2D eigenvalue weighted by Gasteiger charge is 2.32. The summed E-state index contributed by atoms with van der Waals surface area (Å²) in [5, 5.41) is 6.60. The van der Waals surface area contributed by atoms with E-state index in [-0.39, 0.29) is 23.1 Å². The summed E-state index contributed by atoms with van der Waals surface area (Å²) >= 11 is 0. The summed E-state index contributed by atoms with van der Waals surface area (Å²) < 4.78 is 45.4. The third-order valence-corrected chi connectivity index (χ3v) is 4.81. The van der Waals surface area contributed by atoms with Gasteiger partial charge in [0.1, 0.15) is 0 Å². The highest BCUT2D eigenvalue weighted by atomic mass is 19.4. The van der Waals surface area contributed by atoms with Gasteiger partial charge in [-0.1, -0.05) is 19.0 Å². The van der Waals surface area contributed by atoms with Crippen LogP contribution in [-0.4, -0.2) is 11.1 Å². The Morgan fingerprint density at radius 3 is 2.69 bits per heavy atom. The fraction of sp³-hybridized carbons (Fsp3) is 0.474. The van der Waals surface area contributed by atoms with Gasteiger partial charge in [-0.15, -0.1) is 0 Å². The molecule has 4 nitrogen and oxygen atoms in total. The molecule has 0 aliphatic heterocycles. The minimum atomic E-state index is -4.52. The highest BCUT2D eigenvalue weighted by Crippen LogP contribution is 2.38. The number of fused-ring (bicyclic) bond motifs is 1. The van der Waals surface area contributed by atoms with Crippen LogP contribution in [-0.2, 0) is 23.8 Å². The molecule has 1 aromatic carbocycles. The molecule has 1 amide bonds. The van der Waals surface area contributed by atoms with Gasteiger partial charge >= 0.3 is 6.18 Å². The van der Waals surface area contributed by atoms with Gasteiger partial charge in [0.15, 0.2) is 5.76 Å². The maximum absolute atomic E-state index is 13.3. The summed E-state index contributed by atoms with van der Waals surface area (Å²) in [7, 11) is 0. The predicted molar refractivity (Wildman–Crippen MR) is 91.7 cm³/mol. The first-order valence-electron chi connectivity index (χ1n) is 8.80. The van der Waals surface area contributed by atoms with E-state index in [1.165, 1.54) is 6.07 Å². The highest BCUT2D eigenvalue weighted by molar-refractivity contribution is 5.93. The summed E-state index contributed by atoms with van der Waals surface area (Å²) in [5.41, 5.74) is 1.26. The van der Waals surface area contributed by atoms with Crippen LogP contribution in [0.2, 0.25) is 0 Å². The number of anilines is 1. The van der Waals surface area contributed by atoms with Crippen LogP contribution < -0.4 is 5.32 Å². The van der Waals surface area contributed by atoms with Gasteiger partial charge in [0, 0.05) is 22.7 Å². The van der Waals surface area contributed by atoms with Crippen LogP contribution in [0.1, 0.15) is 49.9 Å². The normalized spacial score (nSPS) is 15.4. The molecule has 3 rings (SSSR count). The molecular formula is C19H21F3N2O2. The number of alkyl halides is 3. The molecule has 1 aliphatic carbocycles. The Kier molecular flexibility index (Phi) is 5.07. The number of benzene rings is 1. The first kappa shape index (κ1) is 18.5. The molecule has 140 valence electrons. The second-order valence-corrected chi connectivity index (χ2v) is 6.74. The van der Waals surface area contributed by atoms with E-state index >= 15 is 0 Å². The molecule has 0 unspecified atom stereocenters. The van der Waals surface area contributed by atoms with Gasteiger partial charge < -0.3 is 9.84 Å². The molecule has 2 aromatic rings. The van der Waals surface area contributed by atoms with Crippen molar-refractivity contribution in [3.8, 4) is 11.3 Å². The average Bonchev–Trinajstić information content (AvgIpc) is 3.04. The van der Waals surface area contributed by atoms with Crippen LogP contribution in [0, 0.1) is 5.92 Å². The third-order valence-electron chi connectivity index (χ3n) is 4.81. The Morgan fingerprint density at radius 2 is 2.00 bits per heavy atom. The SMILES string of the molecule is CC[C@@H](C)C(=O)Nc1cc(-c2onc3c2CCCC3)cc(C(F)(F)F)c1. The van der Waals surface area contributed by atoms with E-state index in [1.54, 1.807) is 6.92 Å². The lowest BCUT2D eigenvalue weighted by Crippen LogP contribution is -2.20. The summed E-state index contributed by atoms with van der Waals surface area (Å²) in [6.45, 7) is 3.58. The van der Waals surface area contributed by atoms with Crippen LogP contribution in [0.5, 0.6) is 0 Å². The standard InChI is InChI=1S/C19H21F3N2O2/c1-3-11(2)18(25)23-14-9-12(8-13(10-14)19(20,21)22)17-15-6-4-5-7-16(15)24-26-17/h8-11H,3-7H2,1-2H3,(H,23,25)/t11-/m1/s1. The second kappa shape index (κ2) is 7.13. The van der Waals surface area contributed by atoms with Crippen molar-refractivity contribution in [1.29, 1.82) is 0 Å². The number of halogens is 3. The Bertz CT molecular complexity index is 812. The van der Waals surface area contributed by atoms with Gasteiger partial charge in [0.2, 0.25) is 5.91 Å². The zero-order chi connectivity index (χ0) is 18.9. The monoisotopic (exact) mass is 366 g/mol. The van der Waals surface area contributed by atoms with Crippen LogP contribution in [0.3, 0.4) is 0 Å². The molecule has 1 heterocycles. The molecule has 7 heteroatoms. The predicted octanol–water partition coefficient (Wildman–Crippen LogP) is 5.22. The molecule has 1 N–H and O–H groups in total. The number of amides is 1. The molecule has 0 bridgehead atoms. The maximum atomic E-state index is 13.3. The minimum absolute atomic E-state index is 0.112. The van der Waals surface area contributed by atoms with E-state index in [2.05, 4.69) is 10.5 Å². The average molecular weight is 366 g/mol. The quantitative estimate of drug-likeness (QED) is 0.807. The number of rotatable bonds is 4. The Morgan fingerprint density at radius 1 is 1.27 bits per heavy atom. The largest absolute Gasteiger partial charge is 0.416 e. The first-order chi connectivity index (χ1) is 12.3. The zero-order valence-corrected chi connectivity index (χ0v) is 14.7. The van der Waals surface area contributed by atoms with Crippen LogP contribution >= 0.6 is 0 Å². The topological polar surface area (TPSA) is 55.1 Å². The molecule has 26 heavy (non-hydrogen) atoms. The van der Waals surface area contributed by atoms with Crippen molar-refractivity contribution in [2.45, 2.75) is 52.1 Å². The van der Waals surface area contributed by atoms with Crippen LogP contribution in [0.25, 0.3) is 11.3 Å². The van der Waals surface area contributed by atoms with E-state index < -0.39 is 11.7 Å². The molecular weight excluding hydrogens is 345 g/mol. The zero-order valence-electron chi connectivity index (χ0n) is 14.7. The van der Waals surface area contributed by atoms with E-state index in [4.69, 9.17) is 4.52 Å². The molecule has 0 saturated heterocycles. The smallest absolute Gasteiger partial charge is 0.356 e. The van der Waals surface area contributed by atoms with Gasteiger partial charge in [-0.25, -0.2) is 0 Å². The van der Waals surface area contributed by atoms with Gasteiger partial charge in [-0.05, 0) is 50.3 Å². The summed E-state index contributed by atoms with van der Waals surface area (Å²) in [5.74, 6) is -0.228. The first-order valence-corrected chi connectivity index (χ1v) is 8.80. The minimum Gasteiger partial charge on any atom is -0.356 e. The van der Waals surface area contributed by atoms with Gasteiger partial charge in [-0.2, -0.15) is 13.2 Å². The number of nitrogens with one attached hydrogen (secondary N) is 1. The molecule has 1 aliphatic rings. The fourth-order valence-electron chi connectivity index (χ4n) is 3.06. The molecule has 0 radical (unpaired) electrons. The van der Waals surface area contributed by atoms with Crippen molar-refractivity contribution >= 4 is 11.6 Å². The van der Waals surface area contributed by atoms with Gasteiger partial charge in [0.25, 0.3) is 0 Å². The van der Waals surface area contributed by atoms with Crippen molar-refractivity contribution in [2.75, 3.05) is 5.32 Å². The summed E-state index contributed by atoms with van der Waals surface area (Å²) in [6, 6.07) is 3.52. The molecule has 0 saturated carbocycles. The van der Waals surface area contributed by atoms with Crippen LogP contribution in [0.15, 0.2) is 22.7 Å². The number of aromatic nitrogens is 1. The lowest BCUT2D eigenvalue weighted by molar-refractivity contribution is -0.137. The van der Waals surface area contributed by atoms with E-state index in [0.29, 0.717) is 12.2 Å².